The Morgan fingerprint density at radius 1 is 1.35 bits per heavy atom. The van der Waals surface area contributed by atoms with Gasteiger partial charge in [0.15, 0.2) is 5.13 Å². The smallest absolute Gasteiger partial charge is 0.274 e. The highest BCUT2D eigenvalue weighted by Gasteiger charge is 2.29. The average Bonchev–Trinajstić information content (AvgIpc) is 3.19. The lowest BCUT2D eigenvalue weighted by Gasteiger charge is -2.13. The first-order valence-electron chi connectivity index (χ1n) is 7.28. The minimum atomic E-state index is -3.52. The van der Waals surface area contributed by atoms with E-state index in [1.165, 1.54) is 32.5 Å². The van der Waals surface area contributed by atoms with Gasteiger partial charge in [0.2, 0.25) is 10.0 Å². The van der Waals surface area contributed by atoms with Crippen LogP contribution in [0.3, 0.4) is 0 Å². The van der Waals surface area contributed by atoms with E-state index in [1.54, 1.807) is 7.05 Å². The maximum atomic E-state index is 12.6. The van der Waals surface area contributed by atoms with Crippen LogP contribution >= 0.6 is 11.3 Å². The zero-order valence-electron chi connectivity index (χ0n) is 12.9. The summed E-state index contributed by atoms with van der Waals surface area (Å²) in [6.07, 6.45) is 3.24. The Hall–Kier alpha value is -1.71. The van der Waals surface area contributed by atoms with Gasteiger partial charge in [0.25, 0.3) is 5.91 Å². The number of hydrogen-bond donors (Lipinski definition) is 1. The Bertz CT molecular complexity index is 832. The maximum Gasteiger partial charge on any atom is 0.274 e. The predicted molar refractivity (Wildman–Crippen MR) is 88.2 cm³/mol. The van der Waals surface area contributed by atoms with Crippen molar-refractivity contribution in [1.29, 1.82) is 0 Å². The quantitative estimate of drug-likeness (QED) is 0.908. The van der Waals surface area contributed by atoms with Crippen LogP contribution < -0.4 is 5.32 Å². The first-order chi connectivity index (χ1) is 10.9. The number of carbonyl (C=O) groups excluding carboxylic acids is 1. The van der Waals surface area contributed by atoms with E-state index in [2.05, 4.69) is 10.3 Å². The van der Waals surface area contributed by atoms with Crippen molar-refractivity contribution in [2.75, 3.05) is 18.4 Å². The number of amides is 1. The summed E-state index contributed by atoms with van der Waals surface area (Å²) in [5.74, 6) is -0.371. The average molecular weight is 354 g/mol. The second kappa shape index (κ2) is 6.06. The lowest BCUT2D eigenvalue weighted by molar-refractivity contribution is 0.101. The molecule has 9 heteroatoms. The molecule has 2 aromatic rings. The molecular formula is C14H18N4O3S2. The van der Waals surface area contributed by atoms with Crippen molar-refractivity contribution in [2.45, 2.75) is 24.7 Å². The van der Waals surface area contributed by atoms with E-state index < -0.39 is 10.0 Å². The summed E-state index contributed by atoms with van der Waals surface area (Å²) in [4.78, 5) is 16.7. The van der Waals surface area contributed by atoms with Crippen LogP contribution in [-0.4, -0.2) is 41.3 Å². The molecule has 7 nitrogen and oxygen atoms in total. The van der Waals surface area contributed by atoms with Crippen LogP contribution in [0.1, 0.15) is 29.0 Å². The van der Waals surface area contributed by atoms with Gasteiger partial charge in [-0.1, -0.05) is 0 Å². The van der Waals surface area contributed by atoms with Gasteiger partial charge in [-0.25, -0.2) is 13.4 Å². The largest absolute Gasteiger partial charge is 0.345 e. The van der Waals surface area contributed by atoms with E-state index in [-0.39, 0.29) is 16.5 Å². The molecule has 0 saturated carbocycles. The molecule has 0 bridgehead atoms. The Morgan fingerprint density at radius 3 is 2.65 bits per heavy atom. The molecule has 1 fully saturated rings. The molecule has 23 heavy (non-hydrogen) atoms. The summed E-state index contributed by atoms with van der Waals surface area (Å²) in [5.41, 5.74) is 1.12. The summed E-state index contributed by atoms with van der Waals surface area (Å²) in [6, 6.07) is 1.42. The summed E-state index contributed by atoms with van der Waals surface area (Å²) in [5, 5.41) is 5.03. The minimum absolute atomic E-state index is 0.155. The Morgan fingerprint density at radius 2 is 2.04 bits per heavy atom. The fraction of sp³-hybridized carbons (Fsp3) is 0.429. The van der Waals surface area contributed by atoms with Gasteiger partial charge in [-0.05, 0) is 25.8 Å². The van der Waals surface area contributed by atoms with Crippen molar-refractivity contribution in [3.05, 3.63) is 29.0 Å². The van der Waals surface area contributed by atoms with Gasteiger partial charge >= 0.3 is 0 Å². The van der Waals surface area contributed by atoms with Crippen LogP contribution in [0.15, 0.2) is 22.5 Å². The number of nitrogens with one attached hydrogen (secondary N) is 1. The molecule has 0 unspecified atom stereocenters. The van der Waals surface area contributed by atoms with E-state index in [0.717, 1.165) is 18.5 Å². The zero-order valence-corrected chi connectivity index (χ0v) is 14.6. The van der Waals surface area contributed by atoms with E-state index in [4.69, 9.17) is 0 Å². The number of rotatable bonds is 4. The van der Waals surface area contributed by atoms with Crippen molar-refractivity contribution in [3.63, 3.8) is 0 Å². The lowest BCUT2D eigenvalue weighted by Crippen LogP contribution is -2.27. The monoisotopic (exact) mass is 354 g/mol. The van der Waals surface area contributed by atoms with Crippen molar-refractivity contribution in [2.24, 2.45) is 7.05 Å². The summed E-state index contributed by atoms with van der Waals surface area (Å²) in [6.45, 7) is 2.92. The fourth-order valence-corrected chi connectivity index (χ4v) is 4.82. The molecule has 1 aliphatic heterocycles. The molecule has 1 aliphatic rings. The first kappa shape index (κ1) is 16.2. The third-order valence-corrected chi connectivity index (χ3v) is 6.49. The van der Waals surface area contributed by atoms with Crippen LogP contribution in [0.25, 0.3) is 0 Å². The van der Waals surface area contributed by atoms with Gasteiger partial charge in [0.1, 0.15) is 10.6 Å². The lowest BCUT2D eigenvalue weighted by atomic mass is 10.4. The van der Waals surface area contributed by atoms with Gasteiger partial charge in [-0.15, -0.1) is 11.3 Å². The number of aryl methyl sites for hydroxylation is 2. The second-order valence-corrected chi connectivity index (χ2v) is 8.33. The molecule has 1 amide bonds. The number of aromatic nitrogens is 2. The highest BCUT2D eigenvalue weighted by atomic mass is 32.2. The SMILES string of the molecule is Cc1csc(NC(=O)c2cc(S(=O)(=O)N3CCCC3)cn2C)n1. The molecule has 1 saturated heterocycles. The van der Waals surface area contributed by atoms with Crippen molar-refractivity contribution in [1.82, 2.24) is 13.9 Å². The molecule has 0 spiro atoms. The van der Waals surface area contributed by atoms with E-state index in [0.29, 0.717) is 18.2 Å². The Balaban J connectivity index is 1.84. The van der Waals surface area contributed by atoms with Crippen molar-refractivity contribution >= 4 is 32.4 Å². The van der Waals surface area contributed by atoms with Crippen LogP contribution in [0.2, 0.25) is 0 Å². The summed E-state index contributed by atoms with van der Waals surface area (Å²) >= 11 is 1.33. The molecule has 124 valence electrons. The van der Waals surface area contributed by atoms with E-state index >= 15 is 0 Å². The van der Waals surface area contributed by atoms with Crippen molar-refractivity contribution in [3.8, 4) is 0 Å². The van der Waals surface area contributed by atoms with Crippen LogP contribution in [0, 0.1) is 6.92 Å². The maximum absolute atomic E-state index is 12.6. The van der Waals surface area contributed by atoms with Gasteiger partial charge in [-0.3, -0.25) is 10.1 Å². The van der Waals surface area contributed by atoms with Crippen LogP contribution in [-0.2, 0) is 17.1 Å². The third kappa shape index (κ3) is 3.17. The molecule has 3 heterocycles. The van der Waals surface area contributed by atoms with Crippen molar-refractivity contribution < 1.29 is 13.2 Å². The summed E-state index contributed by atoms with van der Waals surface area (Å²) < 4.78 is 28.1. The number of nitrogens with zero attached hydrogens (tertiary/aromatic N) is 3. The zero-order chi connectivity index (χ0) is 16.6. The molecule has 0 aromatic carbocycles. The number of hydrogen-bond acceptors (Lipinski definition) is 5. The third-order valence-electron chi connectivity index (χ3n) is 3.75. The molecule has 0 atom stereocenters. The van der Waals surface area contributed by atoms with Crippen LogP contribution in [0.5, 0.6) is 0 Å². The van der Waals surface area contributed by atoms with Gasteiger partial charge in [0, 0.05) is 31.7 Å². The van der Waals surface area contributed by atoms with Gasteiger partial charge in [-0.2, -0.15) is 4.31 Å². The molecule has 1 N–H and O–H groups in total. The fourth-order valence-electron chi connectivity index (χ4n) is 2.55. The molecule has 0 radical (unpaired) electrons. The van der Waals surface area contributed by atoms with Gasteiger partial charge < -0.3 is 4.57 Å². The van der Waals surface area contributed by atoms with E-state index in [1.807, 2.05) is 12.3 Å². The van der Waals surface area contributed by atoms with Crippen LogP contribution in [0.4, 0.5) is 5.13 Å². The molecular weight excluding hydrogens is 336 g/mol. The molecule has 3 rings (SSSR count). The molecule has 2 aromatic heterocycles. The number of carbonyl (C=O) groups is 1. The van der Waals surface area contributed by atoms with Gasteiger partial charge in [0.05, 0.1) is 5.69 Å². The number of thiazole rings is 1. The normalized spacial score (nSPS) is 15.9. The first-order valence-corrected chi connectivity index (χ1v) is 9.60. The highest BCUT2D eigenvalue weighted by Crippen LogP contribution is 2.23. The second-order valence-electron chi connectivity index (χ2n) is 5.53. The minimum Gasteiger partial charge on any atom is -0.345 e. The Labute approximate surface area is 139 Å². The summed E-state index contributed by atoms with van der Waals surface area (Å²) in [7, 11) is -1.87. The predicted octanol–water partition coefficient (Wildman–Crippen LogP) is 1.83. The topological polar surface area (TPSA) is 84.3 Å². The standard InChI is InChI=1S/C14H18N4O3S2/c1-10-9-22-14(15-10)16-13(19)12-7-11(8-17(12)2)23(20,21)18-5-3-4-6-18/h7-9H,3-6H2,1-2H3,(H,15,16,19). The number of anilines is 1. The molecule has 0 aliphatic carbocycles. The highest BCUT2D eigenvalue weighted by molar-refractivity contribution is 7.89. The van der Waals surface area contributed by atoms with E-state index in [9.17, 15) is 13.2 Å². The number of sulfonamides is 1. The Kier molecular flexibility index (Phi) is 4.26.